The number of alkyl halides is 3. The second-order valence-corrected chi connectivity index (χ2v) is 6.76. The van der Waals surface area contributed by atoms with Crippen molar-refractivity contribution < 1.29 is 17.6 Å². The van der Waals surface area contributed by atoms with Crippen LogP contribution in [0, 0.1) is 19.7 Å². The van der Waals surface area contributed by atoms with Crippen LogP contribution in [0.2, 0.25) is 0 Å². The molecule has 1 heterocycles. The Kier molecular flexibility index (Phi) is 4.22. The van der Waals surface area contributed by atoms with Gasteiger partial charge in [-0.05, 0) is 54.8 Å². The van der Waals surface area contributed by atoms with E-state index < -0.39 is 16.9 Å². The van der Waals surface area contributed by atoms with Crippen LogP contribution >= 0.6 is 11.3 Å². The third-order valence-electron chi connectivity index (χ3n) is 3.83. The van der Waals surface area contributed by atoms with Gasteiger partial charge >= 0.3 is 6.18 Å². The van der Waals surface area contributed by atoms with Crippen LogP contribution in [-0.2, 0) is 6.18 Å². The molecule has 0 unspecified atom stereocenters. The molecule has 0 fully saturated rings. The number of rotatable bonds is 2. The van der Waals surface area contributed by atoms with Gasteiger partial charge in [0.1, 0.15) is 10.7 Å². The molecule has 24 heavy (non-hydrogen) atoms. The maximum atomic E-state index is 14.5. The monoisotopic (exact) mass is 350 g/mol. The van der Waals surface area contributed by atoms with E-state index in [9.17, 15) is 17.6 Å². The van der Waals surface area contributed by atoms with Gasteiger partial charge in [-0.3, -0.25) is 0 Å². The summed E-state index contributed by atoms with van der Waals surface area (Å²) in [6, 6.07) is 13.0. The summed E-state index contributed by atoms with van der Waals surface area (Å²) in [4.78, 5) is -0.449. The van der Waals surface area contributed by atoms with Gasteiger partial charge in [0.25, 0.3) is 0 Å². The Bertz CT molecular complexity index is 873. The lowest BCUT2D eigenvalue weighted by Crippen LogP contribution is -2.00. The molecule has 0 nitrogen and oxygen atoms in total. The van der Waals surface area contributed by atoms with Crippen molar-refractivity contribution in [1.82, 2.24) is 0 Å². The predicted molar refractivity (Wildman–Crippen MR) is 89.6 cm³/mol. The lowest BCUT2D eigenvalue weighted by Gasteiger charge is -2.10. The molecule has 0 amide bonds. The van der Waals surface area contributed by atoms with Gasteiger partial charge in [0.15, 0.2) is 0 Å². The van der Waals surface area contributed by atoms with Crippen LogP contribution in [0.25, 0.3) is 21.6 Å². The van der Waals surface area contributed by atoms with Crippen molar-refractivity contribution in [3.05, 3.63) is 70.4 Å². The molecule has 5 heteroatoms. The molecule has 0 aliphatic rings. The number of halogens is 4. The van der Waals surface area contributed by atoms with Gasteiger partial charge in [0.05, 0.1) is 0 Å². The lowest BCUT2D eigenvalue weighted by atomic mass is 9.97. The van der Waals surface area contributed by atoms with Crippen molar-refractivity contribution in [3.63, 3.8) is 0 Å². The first-order valence-electron chi connectivity index (χ1n) is 7.30. The summed E-state index contributed by atoms with van der Waals surface area (Å²) in [7, 11) is 0. The average Bonchev–Trinajstić information content (AvgIpc) is 3.00. The summed E-state index contributed by atoms with van der Waals surface area (Å²) in [5.74, 6) is -0.522. The normalized spacial score (nSPS) is 11.8. The predicted octanol–water partition coefficient (Wildman–Crippen LogP) is 6.86. The molecule has 3 aromatic rings. The number of aryl methyl sites for hydroxylation is 2. The lowest BCUT2D eigenvalue weighted by molar-refractivity contribution is -0.134. The first kappa shape index (κ1) is 16.7. The molecule has 2 aromatic carbocycles. The minimum atomic E-state index is -4.41. The van der Waals surface area contributed by atoms with E-state index in [1.165, 1.54) is 12.1 Å². The molecule has 0 saturated carbocycles. The second kappa shape index (κ2) is 6.06. The third-order valence-corrected chi connectivity index (χ3v) is 4.99. The van der Waals surface area contributed by atoms with Gasteiger partial charge < -0.3 is 0 Å². The maximum absolute atomic E-state index is 14.5. The van der Waals surface area contributed by atoms with Crippen molar-refractivity contribution in [2.45, 2.75) is 20.0 Å². The van der Waals surface area contributed by atoms with E-state index >= 15 is 0 Å². The maximum Gasteiger partial charge on any atom is 0.425 e. The number of hydrogen-bond donors (Lipinski definition) is 0. The van der Waals surface area contributed by atoms with Crippen molar-refractivity contribution in [1.29, 1.82) is 0 Å². The molecule has 0 spiro atoms. The Morgan fingerprint density at radius 2 is 1.50 bits per heavy atom. The zero-order chi connectivity index (χ0) is 17.5. The molecule has 124 valence electrons. The van der Waals surface area contributed by atoms with Crippen LogP contribution < -0.4 is 0 Å². The van der Waals surface area contributed by atoms with Crippen LogP contribution in [0.1, 0.15) is 16.0 Å². The van der Waals surface area contributed by atoms with Gasteiger partial charge in [-0.1, -0.05) is 29.8 Å². The Hall–Kier alpha value is -2.14. The summed E-state index contributed by atoms with van der Waals surface area (Å²) in [5.41, 5.74) is 3.74. The smallest absolute Gasteiger partial charge is 0.206 e. The highest BCUT2D eigenvalue weighted by atomic mass is 32.1. The molecule has 0 bridgehead atoms. The van der Waals surface area contributed by atoms with E-state index in [1.807, 2.05) is 38.1 Å². The van der Waals surface area contributed by atoms with Crippen molar-refractivity contribution >= 4 is 11.3 Å². The fraction of sp³-hybridized carbons (Fsp3) is 0.158. The molecule has 0 aliphatic heterocycles. The van der Waals surface area contributed by atoms with Gasteiger partial charge in [-0.2, -0.15) is 13.2 Å². The van der Waals surface area contributed by atoms with E-state index in [0.29, 0.717) is 11.3 Å². The largest absolute Gasteiger partial charge is 0.425 e. The van der Waals surface area contributed by atoms with Crippen LogP contribution in [0.3, 0.4) is 0 Å². The Labute approximate surface area is 141 Å². The summed E-state index contributed by atoms with van der Waals surface area (Å²) >= 11 is 0.554. The topological polar surface area (TPSA) is 0 Å². The molecule has 0 radical (unpaired) electrons. The molecular formula is C19H14F4S. The standard InChI is InChI=1S/C19H14F4S/c1-11-3-5-13(6-4-11)14-10-16(20)15(9-12(14)2)17-7-8-18(24-17)19(21,22)23/h3-10H,1-2H3. The quantitative estimate of drug-likeness (QED) is 0.443. The van der Waals surface area contributed by atoms with Crippen LogP contribution in [-0.4, -0.2) is 0 Å². The van der Waals surface area contributed by atoms with E-state index in [1.54, 1.807) is 6.07 Å². The summed E-state index contributed by atoms with van der Waals surface area (Å²) in [6.07, 6.45) is -4.41. The van der Waals surface area contributed by atoms with Gasteiger partial charge in [0, 0.05) is 10.4 Å². The molecule has 3 rings (SSSR count). The fourth-order valence-corrected chi connectivity index (χ4v) is 3.44. The summed E-state index contributed by atoms with van der Waals surface area (Å²) in [6.45, 7) is 3.80. The molecule has 0 saturated heterocycles. The SMILES string of the molecule is Cc1ccc(-c2cc(F)c(-c3ccc(C(F)(F)F)s3)cc2C)cc1. The number of thiophene rings is 1. The van der Waals surface area contributed by atoms with E-state index in [-0.39, 0.29) is 10.4 Å². The van der Waals surface area contributed by atoms with Crippen LogP contribution in [0.4, 0.5) is 17.6 Å². The van der Waals surface area contributed by atoms with Crippen LogP contribution in [0.5, 0.6) is 0 Å². The van der Waals surface area contributed by atoms with Crippen LogP contribution in [0.15, 0.2) is 48.5 Å². The molecule has 0 aliphatic carbocycles. The average molecular weight is 350 g/mol. The second-order valence-electron chi connectivity index (χ2n) is 5.67. The van der Waals surface area contributed by atoms with Gasteiger partial charge in [0.2, 0.25) is 0 Å². The number of hydrogen-bond acceptors (Lipinski definition) is 1. The molecule has 1 aromatic heterocycles. The van der Waals surface area contributed by atoms with Crippen molar-refractivity contribution in [2.24, 2.45) is 0 Å². The zero-order valence-corrected chi connectivity index (χ0v) is 13.9. The Balaban J connectivity index is 2.04. The Morgan fingerprint density at radius 3 is 2.08 bits per heavy atom. The van der Waals surface area contributed by atoms with Crippen molar-refractivity contribution in [2.75, 3.05) is 0 Å². The summed E-state index contributed by atoms with van der Waals surface area (Å²) in [5, 5.41) is 0. The fourth-order valence-electron chi connectivity index (χ4n) is 2.55. The van der Waals surface area contributed by atoms with Gasteiger partial charge in [-0.15, -0.1) is 11.3 Å². The molecular weight excluding hydrogens is 336 g/mol. The molecule has 0 atom stereocenters. The molecule has 0 N–H and O–H groups in total. The highest BCUT2D eigenvalue weighted by molar-refractivity contribution is 7.15. The van der Waals surface area contributed by atoms with Gasteiger partial charge in [-0.25, -0.2) is 4.39 Å². The van der Waals surface area contributed by atoms with E-state index in [0.717, 1.165) is 28.3 Å². The third kappa shape index (κ3) is 3.22. The number of benzene rings is 2. The minimum absolute atomic E-state index is 0.198. The highest BCUT2D eigenvalue weighted by Crippen LogP contribution is 2.40. The minimum Gasteiger partial charge on any atom is -0.206 e. The zero-order valence-electron chi connectivity index (χ0n) is 13.0. The highest BCUT2D eigenvalue weighted by Gasteiger charge is 2.32. The summed E-state index contributed by atoms with van der Waals surface area (Å²) < 4.78 is 52.7. The first-order valence-corrected chi connectivity index (χ1v) is 8.12. The van der Waals surface area contributed by atoms with E-state index in [2.05, 4.69) is 0 Å². The Morgan fingerprint density at radius 1 is 0.833 bits per heavy atom. The van der Waals surface area contributed by atoms with Crippen molar-refractivity contribution in [3.8, 4) is 21.6 Å². The first-order chi connectivity index (χ1) is 11.3. The van der Waals surface area contributed by atoms with E-state index in [4.69, 9.17) is 0 Å².